The van der Waals surface area contributed by atoms with Gasteiger partial charge < -0.3 is 14.0 Å². The maximum absolute atomic E-state index is 12.5. The normalized spacial score (nSPS) is 14.1. The van der Waals surface area contributed by atoms with Gasteiger partial charge in [-0.2, -0.15) is 4.99 Å². The number of aromatic nitrogens is 1. The highest BCUT2D eigenvalue weighted by Crippen LogP contribution is 2.35. The summed E-state index contributed by atoms with van der Waals surface area (Å²) in [6.45, 7) is 3.80. The molecule has 0 radical (unpaired) electrons. The number of fused-ring (bicyclic) bond motifs is 2. The van der Waals surface area contributed by atoms with Gasteiger partial charge in [0.1, 0.15) is 13.2 Å². The van der Waals surface area contributed by atoms with Crippen LogP contribution in [0.1, 0.15) is 17.3 Å². The Morgan fingerprint density at radius 1 is 1.24 bits per heavy atom. The van der Waals surface area contributed by atoms with Gasteiger partial charge in [0, 0.05) is 29.3 Å². The van der Waals surface area contributed by atoms with Crippen LogP contribution in [0.4, 0.5) is 0 Å². The molecule has 4 rings (SSSR count). The van der Waals surface area contributed by atoms with Gasteiger partial charge in [0.25, 0.3) is 5.91 Å². The Hall–Kier alpha value is -2.31. The molecular weight excluding hydrogens is 360 g/mol. The van der Waals surface area contributed by atoms with Gasteiger partial charge in [0.2, 0.25) is 0 Å². The van der Waals surface area contributed by atoms with E-state index in [9.17, 15) is 4.79 Å². The van der Waals surface area contributed by atoms with Gasteiger partial charge in [0.05, 0.1) is 10.2 Å². The second kappa shape index (κ2) is 6.54. The summed E-state index contributed by atoms with van der Waals surface area (Å²) < 4.78 is 14.3. The van der Waals surface area contributed by atoms with Crippen LogP contribution in [0, 0.1) is 0 Å². The van der Waals surface area contributed by atoms with Gasteiger partial charge >= 0.3 is 0 Å². The molecule has 2 heterocycles. The summed E-state index contributed by atoms with van der Waals surface area (Å²) in [5.74, 6) is 1.15. The quantitative estimate of drug-likeness (QED) is 0.683. The van der Waals surface area contributed by atoms with Crippen LogP contribution in [-0.2, 0) is 6.54 Å². The lowest BCUT2D eigenvalue weighted by molar-refractivity contribution is 0.0998. The van der Waals surface area contributed by atoms with E-state index in [2.05, 4.69) is 4.99 Å². The van der Waals surface area contributed by atoms with E-state index >= 15 is 0 Å². The van der Waals surface area contributed by atoms with Crippen LogP contribution in [0.2, 0.25) is 5.02 Å². The molecule has 128 valence electrons. The van der Waals surface area contributed by atoms with Gasteiger partial charge in [0.15, 0.2) is 16.3 Å². The molecule has 0 bridgehead atoms. The number of halogens is 1. The largest absolute Gasteiger partial charge is 0.486 e. The molecule has 0 saturated heterocycles. The minimum atomic E-state index is -0.312. The Balaban J connectivity index is 1.85. The first-order valence-electron chi connectivity index (χ1n) is 7.93. The van der Waals surface area contributed by atoms with Crippen LogP contribution in [0.15, 0.2) is 41.4 Å². The monoisotopic (exact) mass is 374 g/mol. The highest BCUT2D eigenvalue weighted by atomic mass is 35.5. The van der Waals surface area contributed by atoms with Crippen molar-refractivity contribution in [1.29, 1.82) is 0 Å². The number of thiazole rings is 1. The average Bonchev–Trinajstić information content (AvgIpc) is 2.95. The average molecular weight is 375 g/mol. The van der Waals surface area contributed by atoms with Crippen LogP contribution in [0.3, 0.4) is 0 Å². The summed E-state index contributed by atoms with van der Waals surface area (Å²) in [5.41, 5.74) is 1.45. The molecule has 3 aromatic rings. The fourth-order valence-corrected chi connectivity index (χ4v) is 4.06. The first kappa shape index (κ1) is 16.2. The lowest BCUT2D eigenvalue weighted by atomic mass is 10.2. The third-order valence-electron chi connectivity index (χ3n) is 3.93. The van der Waals surface area contributed by atoms with Gasteiger partial charge in [-0.25, -0.2) is 0 Å². The Labute approximate surface area is 153 Å². The smallest absolute Gasteiger partial charge is 0.279 e. The Morgan fingerprint density at radius 2 is 2.00 bits per heavy atom. The van der Waals surface area contributed by atoms with E-state index in [1.165, 1.54) is 11.3 Å². The maximum Gasteiger partial charge on any atom is 0.279 e. The van der Waals surface area contributed by atoms with E-state index in [0.717, 1.165) is 21.7 Å². The minimum absolute atomic E-state index is 0.312. The fraction of sp³-hybridized carbons (Fsp3) is 0.222. The van der Waals surface area contributed by atoms with Crippen molar-refractivity contribution < 1.29 is 14.3 Å². The van der Waals surface area contributed by atoms with Crippen molar-refractivity contribution >= 4 is 39.1 Å². The standard InChI is InChI=1S/C18H15ClN2O3S/c1-2-21-13-9-14-15(24-7-6-23-14)10-16(13)25-18(21)20-17(22)11-4-3-5-12(19)8-11/h3-5,8-10H,2,6-7H2,1H3. The zero-order chi connectivity index (χ0) is 17.4. The van der Waals surface area contributed by atoms with Crippen molar-refractivity contribution in [3.8, 4) is 11.5 Å². The highest BCUT2D eigenvalue weighted by molar-refractivity contribution is 7.16. The third kappa shape index (κ3) is 3.03. The van der Waals surface area contributed by atoms with Crippen molar-refractivity contribution in [3.63, 3.8) is 0 Å². The number of benzene rings is 2. The molecule has 0 unspecified atom stereocenters. The van der Waals surface area contributed by atoms with Crippen LogP contribution >= 0.6 is 22.9 Å². The molecule has 1 aliphatic heterocycles. The zero-order valence-electron chi connectivity index (χ0n) is 13.5. The van der Waals surface area contributed by atoms with Crippen molar-refractivity contribution in [3.05, 3.63) is 51.8 Å². The molecule has 1 amide bonds. The van der Waals surface area contributed by atoms with E-state index in [1.54, 1.807) is 24.3 Å². The molecule has 0 saturated carbocycles. The molecule has 25 heavy (non-hydrogen) atoms. The number of carbonyl (C=O) groups is 1. The summed E-state index contributed by atoms with van der Waals surface area (Å²) >= 11 is 7.42. The minimum Gasteiger partial charge on any atom is -0.486 e. The molecule has 0 spiro atoms. The molecule has 0 atom stereocenters. The first-order chi connectivity index (χ1) is 12.2. The Bertz CT molecular complexity index is 1040. The molecule has 1 aromatic heterocycles. The van der Waals surface area contributed by atoms with E-state index in [-0.39, 0.29) is 5.91 Å². The molecule has 2 aromatic carbocycles. The molecular formula is C18H15ClN2O3S. The summed E-state index contributed by atoms with van der Waals surface area (Å²) in [7, 11) is 0. The number of rotatable bonds is 2. The van der Waals surface area contributed by atoms with Crippen molar-refractivity contribution in [1.82, 2.24) is 4.57 Å². The topological polar surface area (TPSA) is 52.8 Å². The van der Waals surface area contributed by atoms with Gasteiger partial charge in [-0.05, 0) is 25.1 Å². The van der Waals surface area contributed by atoms with Gasteiger partial charge in [-0.3, -0.25) is 4.79 Å². The predicted molar refractivity (Wildman–Crippen MR) is 97.8 cm³/mol. The van der Waals surface area contributed by atoms with Gasteiger partial charge in [-0.1, -0.05) is 29.0 Å². The van der Waals surface area contributed by atoms with Crippen LogP contribution < -0.4 is 14.3 Å². The van der Waals surface area contributed by atoms with Crippen LogP contribution in [0.5, 0.6) is 11.5 Å². The number of aryl methyl sites for hydroxylation is 1. The molecule has 7 heteroatoms. The molecule has 0 aliphatic carbocycles. The van der Waals surface area contributed by atoms with E-state index in [4.69, 9.17) is 21.1 Å². The Morgan fingerprint density at radius 3 is 2.72 bits per heavy atom. The summed E-state index contributed by atoms with van der Waals surface area (Å²) in [4.78, 5) is 17.4. The van der Waals surface area contributed by atoms with E-state index < -0.39 is 0 Å². The van der Waals surface area contributed by atoms with E-state index in [1.807, 2.05) is 23.6 Å². The van der Waals surface area contributed by atoms with Crippen molar-refractivity contribution in [2.45, 2.75) is 13.5 Å². The zero-order valence-corrected chi connectivity index (χ0v) is 15.1. The number of hydrogen-bond donors (Lipinski definition) is 0. The molecule has 0 N–H and O–H groups in total. The number of hydrogen-bond acceptors (Lipinski definition) is 4. The van der Waals surface area contributed by atoms with E-state index in [0.29, 0.717) is 35.1 Å². The Kier molecular flexibility index (Phi) is 4.23. The molecule has 5 nitrogen and oxygen atoms in total. The second-order valence-corrected chi connectivity index (χ2v) is 6.97. The second-order valence-electron chi connectivity index (χ2n) is 5.52. The van der Waals surface area contributed by atoms with Gasteiger partial charge in [-0.15, -0.1) is 0 Å². The summed E-state index contributed by atoms with van der Waals surface area (Å²) in [6.07, 6.45) is 0. The number of nitrogens with zero attached hydrogens (tertiary/aromatic N) is 2. The number of ether oxygens (including phenoxy) is 2. The highest BCUT2D eigenvalue weighted by Gasteiger charge is 2.16. The third-order valence-corrected chi connectivity index (χ3v) is 5.21. The lowest BCUT2D eigenvalue weighted by Gasteiger charge is -2.18. The SMILES string of the molecule is CCn1c(=NC(=O)c2cccc(Cl)c2)sc2cc3c(cc21)OCCO3. The van der Waals surface area contributed by atoms with Crippen LogP contribution in [0.25, 0.3) is 10.2 Å². The van der Waals surface area contributed by atoms with Crippen molar-refractivity contribution in [2.75, 3.05) is 13.2 Å². The molecule has 1 aliphatic rings. The number of amides is 1. The summed E-state index contributed by atoms with van der Waals surface area (Å²) in [6, 6.07) is 10.7. The predicted octanol–water partition coefficient (Wildman–Crippen LogP) is 3.89. The lowest BCUT2D eigenvalue weighted by Crippen LogP contribution is -2.17. The number of carbonyl (C=O) groups excluding carboxylic acids is 1. The van der Waals surface area contributed by atoms with Crippen molar-refractivity contribution in [2.24, 2.45) is 4.99 Å². The summed E-state index contributed by atoms with van der Waals surface area (Å²) in [5, 5.41) is 0.516. The van der Waals surface area contributed by atoms with Crippen LogP contribution in [-0.4, -0.2) is 23.7 Å². The maximum atomic E-state index is 12.5. The fourth-order valence-electron chi connectivity index (χ4n) is 2.77. The first-order valence-corrected chi connectivity index (χ1v) is 9.13. The molecule has 0 fully saturated rings.